The van der Waals surface area contributed by atoms with Crippen LogP contribution in [0.2, 0.25) is 0 Å². The summed E-state index contributed by atoms with van der Waals surface area (Å²) in [5.74, 6) is 0. The Morgan fingerprint density at radius 2 is 2.15 bits per heavy atom. The van der Waals surface area contributed by atoms with E-state index in [1.807, 2.05) is 0 Å². The Hall–Kier alpha value is -0.340. The number of nitrogens with one attached hydrogen (secondary N) is 1. The largest absolute Gasteiger partial charge is 0.312 e. The van der Waals surface area contributed by atoms with Crippen LogP contribution in [0.15, 0.2) is 22.7 Å². The van der Waals surface area contributed by atoms with E-state index in [1.165, 1.54) is 15.6 Å². The zero-order chi connectivity index (χ0) is 9.47. The molecule has 0 atom stereocenters. The molecule has 13 heavy (non-hydrogen) atoms. The number of halogens is 1. The minimum Gasteiger partial charge on any atom is -0.312 e. The molecule has 1 heterocycles. The highest BCUT2D eigenvalue weighted by Gasteiger charge is 2.28. The van der Waals surface area contributed by atoms with Gasteiger partial charge in [-0.3, -0.25) is 0 Å². The van der Waals surface area contributed by atoms with Crippen molar-refractivity contribution in [3.63, 3.8) is 0 Å². The molecule has 1 aromatic rings. The Kier molecular flexibility index (Phi) is 2.20. The molecule has 0 saturated heterocycles. The summed E-state index contributed by atoms with van der Waals surface area (Å²) in [6.07, 6.45) is 0. The monoisotopic (exact) mass is 239 g/mol. The van der Waals surface area contributed by atoms with Crippen molar-refractivity contribution in [2.24, 2.45) is 0 Å². The molecule has 0 bridgehead atoms. The number of fused-ring (bicyclic) bond motifs is 1. The van der Waals surface area contributed by atoms with Crippen molar-refractivity contribution < 1.29 is 0 Å². The second kappa shape index (κ2) is 3.10. The molecule has 0 spiro atoms. The molecule has 0 amide bonds. The van der Waals surface area contributed by atoms with Gasteiger partial charge in [-0.15, -0.1) is 0 Å². The predicted molar refractivity (Wildman–Crippen MR) is 58.9 cm³/mol. The lowest BCUT2D eigenvalue weighted by Gasteiger charge is -2.34. The number of benzene rings is 1. The van der Waals surface area contributed by atoms with Crippen LogP contribution in [0.25, 0.3) is 0 Å². The van der Waals surface area contributed by atoms with Crippen LogP contribution >= 0.6 is 15.9 Å². The SMILES string of the molecule is CC1(C)CNCc2cccc(Br)c21. The molecule has 0 fully saturated rings. The average molecular weight is 240 g/mol. The van der Waals surface area contributed by atoms with Gasteiger partial charge in [0.05, 0.1) is 0 Å². The molecule has 2 heteroatoms. The summed E-state index contributed by atoms with van der Waals surface area (Å²) >= 11 is 3.63. The van der Waals surface area contributed by atoms with E-state index in [4.69, 9.17) is 0 Å². The summed E-state index contributed by atoms with van der Waals surface area (Å²) < 4.78 is 1.25. The Labute approximate surface area is 87.7 Å². The minimum atomic E-state index is 0.244. The van der Waals surface area contributed by atoms with Crippen LogP contribution in [0.1, 0.15) is 25.0 Å². The molecule has 1 nitrogen and oxygen atoms in total. The molecule has 0 aliphatic carbocycles. The second-order valence-electron chi connectivity index (χ2n) is 4.26. The van der Waals surface area contributed by atoms with E-state index in [9.17, 15) is 0 Å². The normalized spacial score (nSPS) is 19.6. The standard InChI is InChI=1S/C11H14BrN/c1-11(2)7-13-6-8-4-3-5-9(12)10(8)11/h3-5,13H,6-7H2,1-2H3. The summed E-state index contributed by atoms with van der Waals surface area (Å²) in [6, 6.07) is 6.44. The van der Waals surface area contributed by atoms with Crippen LogP contribution in [-0.4, -0.2) is 6.54 Å². The molecule has 1 N–H and O–H groups in total. The van der Waals surface area contributed by atoms with E-state index in [-0.39, 0.29) is 5.41 Å². The third-order valence-corrected chi connectivity index (χ3v) is 3.32. The molecule has 0 radical (unpaired) electrons. The van der Waals surface area contributed by atoms with E-state index in [0.717, 1.165) is 13.1 Å². The van der Waals surface area contributed by atoms with Crippen molar-refractivity contribution in [3.8, 4) is 0 Å². The number of hydrogen-bond acceptors (Lipinski definition) is 1. The molecule has 0 saturated carbocycles. The highest BCUT2D eigenvalue weighted by atomic mass is 79.9. The lowest BCUT2D eigenvalue weighted by Crippen LogP contribution is -2.38. The molecule has 0 unspecified atom stereocenters. The van der Waals surface area contributed by atoms with Crippen LogP contribution in [-0.2, 0) is 12.0 Å². The first kappa shape index (κ1) is 9.22. The molecular formula is C11H14BrN. The Balaban J connectivity index is 2.61. The highest BCUT2D eigenvalue weighted by Crippen LogP contribution is 2.34. The van der Waals surface area contributed by atoms with Crippen molar-refractivity contribution in [1.82, 2.24) is 5.32 Å². The van der Waals surface area contributed by atoms with Gasteiger partial charge in [0.15, 0.2) is 0 Å². The van der Waals surface area contributed by atoms with Crippen molar-refractivity contribution in [1.29, 1.82) is 0 Å². The topological polar surface area (TPSA) is 12.0 Å². The van der Waals surface area contributed by atoms with Gasteiger partial charge in [0, 0.05) is 23.0 Å². The predicted octanol–water partition coefficient (Wildman–Crippen LogP) is 2.83. The van der Waals surface area contributed by atoms with E-state index < -0.39 is 0 Å². The van der Waals surface area contributed by atoms with Crippen molar-refractivity contribution in [2.45, 2.75) is 25.8 Å². The summed E-state index contributed by atoms with van der Waals surface area (Å²) in [5, 5.41) is 3.44. The third-order valence-electron chi connectivity index (χ3n) is 2.66. The minimum absolute atomic E-state index is 0.244. The van der Waals surface area contributed by atoms with Crippen molar-refractivity contribution >= 4 is 15.9 Å². The molecule has 1 aliphatic heterocycles. The molecule has 1 aliphatic rings. The Morgan fingerprint density at radius 1 is 1.38 bits per heavy atom. The van der Waals surface area contributed by atoms with Gasteiger partial charge in [0.1, 0.15) is 0 Å². The summed E-state index contributed by atoms with van der Waals surface area (Å²) in [7, 11) is 0. The Bertz CT molecular complexity index is 331. The first-order chi connectivity index (χ1) is 6.11. The smallest absolute Gasteiger partial charge is 0.0216 e. The zero-order valence-electron chi connectivity index (χ0n) is 8.02. The van der Waals surface area contributed by atoms with Gasteiger partial charge in [-0.2, -0.15) is 0 Å². The van der Waals surface area contributed by atoms with E-state index in [1.54, 1.807) is 0 Å². The van der Waals surface area contributed by atoms with Gasteiger partial charge in [0.2, 0.25) is 0 Å². The maximum Gasteiger partial charge on any atom is 0.0216 e. The fourth-order valence-electron chi connectivity index (χ4n) is 2.07. The summed E-state index contributed by atoms with van der Waals surface area (Å²) in [5.41, 5.74) is 3.13. The van der Waals surface area contributed by atoms with Crippen LogP contribution in [0.5, 0.6) is 0 Å². The second-order valence-corrected chi connectivity index (χ2v) is 5.12. The molecule has 70 valence electrons. The lowest BCUT2D eigenvalue weighted by molar-refractivity contribution is 0.433. The van der Waals surface area contributed by atoms with Gasteiger partial charge >= 0.3 is 0 Å². The van der Waals surface area contributed by atoms with Crippen LogP contribution in [0.4, 0.5) is 0 Å². The third kappa shape index (κ3) is 1.53. The van der Waals surface area contributed by atoms with Crippen molar-refractivity contribution in [3.05, 3.63) is 33.8 Å². The fraction of sp³-hybridized carbons (Fsp3) is 0.455. The maximum atomic E-state index is 3.63. The number of hydrogen-bond donors (Lipinski definition) is 1. The summed E-state index contributed by atoms with van der Waals surface area (Å²) in [6.45, 7) is 6.62. The van der Waals surface area contributed by atoms with Crippen molar-refractivity contribution in [2.75, 3.05) is 6.54 Å². The molecule has 1 aromatic carbocycles. The maximum absolute atomic E-state index is 3.63. The van der Waals surface area contributed by atoms with Crippen LogP contribution < -0.4 is 5.32 Å². The lowest BCUT2D eigenvalue weighted by atomic mass is 9.79. The quantitative estimate of drug-likeness (QED) is 0.735. The first-order valence-electron chi connectivity index (χ1n) is 4.60. The van der Waals surface area contributed by atoms with E-state index in [0.29, 0.717) is 0 Å². The summed E-state index contributed by atoms with van der Waals surface area (Å²) in [4.78, 5) is 0. The van der Waals surface area contributed by atoms with E-state index >= 15 is 0 Å². The molecule has 0 aromatic heterocycles. The highest BCUT2D eigenvalue weighted by molar-refractivity contribution is 9.10. The fourth-order valence-corrected chi connectivity index (χ4v) is 3.02. The first-order valence-corrected chi connectivity index (χ1v) is 5.39. The van der Waals surface area contributed by atoms with Gasteiger partial charge in [0.25, 0.3) is 0 Å². The van der Waals surface area contributed by atoms with Gasteiger partial charge in [-0.25, -0.2) is 0 Å². The molecular weight excluding hydrogens is 226 g/mol. The molecule has 2 rings (SSSR count). The Morgan fingerprint density at radius 3 is 2.85 bits per heavy atom. The van der Waals surface area contributed by atoms with Gasteiger partial charge in [-0.05, 0) is 17.2 Å². The zero-order valence-corrected chi connectivity index (χ0v) is 9.61. The average Bonchev–Trinajstić information content (AvgIpc) is 2.02. The van der Waals surface area contributed by atoms with Gasteiger partial charge < -0.3 is 5.32 Å². The van der Waals surface area contributed by atoms with Crippen LogP contribution in [0, 0.1) is 0 Å². The van der Waals surface area contributed by atoms with Gasteiger partial charge in [-0.1, -0.05) is 41.9 Å². The van der Waals surface area contributed by atoms with E-state index in [2.05, 4.69) is 53.3 Å². The van der Waals surface area contributed by atoms with Crippen LogP contribution in [0.3, 0.4) is 0 Å². The number of rotatable bonds is 0.